The number of nitrogen functional groups attached to an aromatic ring is 1. The predicted octanol–water partition coefficient (Wildman–Crippen LogP) is 3.08. The Bertz CT molecular complexity index is 1150. The number of benzene rings is 1. The van der Waals surface area contributed by atoms with E-state index in [1.165, 1.54) is 16.2 Å². The average Bonchev–Trinajstić information content (AvgIpc) is 3.18. The van der Waals surface area contributed by atoms with Gasteiger partial charge in [0.25, 0.3) is 5.91 Å². The van der Waals surface area contributed by atoms with Crippen molar-refractivity contribution in [3.05, 3.63) is 36.0 Å². The lowest BCUT2D eigenvalue weighted by molar-refractivity contribution is -0.0754. The minimum absolute atomic E-state index is 0.0131. The van der Waals surface area contributed by atoms with Crippen molar-refractivity contribution in [3.8, 4) is 22.5 Å². The first kappa shape index (κ1) is 22.9. The fourth-order valence-corrected chi connectivity index (χ4v) is 4.29. The zero-order chi connectivity index (χ0) is 23.8. The monoisotopic (exact) mass is 469 g/mol. The van der Waals surface area contributed by atoms with Crippen LogP contribution in [0.15, 0.2) is 30.5 Å². The Balaban J connectivity index is 1.67. The standard InChI is InChI=1S/C22H27N7O3S/c1-13-11-29(12-22(2,3)32-13)20-25-17(16-10-24-19(23)33-16)26-21(27-20)31-15-8-6-14(7-9-15)18(30)28(4)5/h6-10,13H,11-12H2,1-5H3,(H2,23,24)/t13-/m0/s1. The molecule has 33 heavy (non-hydrogen) atoms. The Kier molecular flexibility index (Phi) is 6.17. The number of amides is 1. The van der Waals surface area contributed by atoms with Crippen LogP contribution < -0.4 is 15.4 Å². The van der Waals surface area contributed by atoms with Crippen LogP contribution in [0.5, 0.6) is 11.8 Å². The summed E-state index contributed by atoms with van der Waals surface area (Å²) >= 11 is 1.29. The number of nitrogens with zero attached hydrogens (tertiary/aromatic N) is 6. The summed E-state index contributed by atoms with van der Waals surface area (Å²) in [7, 11) is 3.42. The fourth-order valence-electron chi connectivity index (χ4n) is 3.67. The molecular formula is C22H27N7O3S. The lowest BCUT2D eigenvalue weighted by atomic mass is 10.1. The smallest absolute Gasteiger partial charge is 0.327 e. The Labute approximate surface area is 196 Å². The van der Waals surface area contributed by atoms with Gasteiger partial charge in [0.1, 0.15) is 5.75 Å². The zero-order valence-electron chi connectivity index (χ0n) is 19.3. The molecule has 0 saturated carbocycles. The molecule has 174 valence electrons. The first-order valence-corrected chi connectivity index (χ1v) is 11.3. The van der Waals surface area contributed by atoms with E-state index in [1.54, 1.807) is 44.6 Å². The first-order valence-electron chi connectivity index (χ1n) is 10.5. The van der Waals surface area contributed by atoms with Gasteiger partial charge in [-0.1, -0.05) is 11.3 Å². The van der Waals surface area contributed by atoms with E-state index in [1.807, 2.05) is 20.8 Å². The molecule has 3 heterocycles. The molecule has 1 aliphatic rings. The first-order chi connectivity index (χ1) is 15.6. The topological polar surface area (TPSA) is 120 Å². The van der Waals surface area contributed by atoms with Crippen molar-refractivity contribution < 1.29 is 14.3 Å². The molecule has 11 heteroatoms. The maximum Gasteiger partial charge on any atom is 0.327 e. The van der Waals surface area contributed by atoms with Gasteiger partial charge in [0.15, 0.2) is 11.0 Å². The number of thiazole rings is 1. The van der Waals surface area contributed by atoms with Gasteiger partial charge in [-0.3, -0.25) is 4.79 Å². The minimum atomic E-state index is -0.352. The van der Waals surface area contributed by atoms with Gasteiger partial charge in [-0.25, -0.2) is 4.98 Å². The highest BCUT2D eigenvalue weighted by atomic mass is 32.1. The molecule has 2 aromatic heterocycles. The minimum Gasteiger partial charge on any atom is -0.424 e. The third-order valence-corrected chi connectivity index (χ3v) is 5.74. The van der Waals surface area contributed by atoms with Crippen LogP contribution in [0.2, 0.25) is 0 Å². The number of hydrogen-bond acceptors (Lipinski definition) is 10. The molecule has 0 radical (unpaired) electrons. The van der Waals surface area contributed by atoms with Crippen molar-refractivity contribution in [3.63, 3.8) is 0 Å². The summed E-state index contributed by atoms with van der Waals surface area (Å²) in [5, 5.41) is 0.428. The van der Waals surface area contributed by atoms with E-state index in [-0.39, 0.29) is 23.6 Å². The van der Waals surface area contributed by atoms with Crippen LogP contribution in [0.1, 0.15) is 31.1 Å². The Morgan fingerprint density at radius 2 is 1.97 bits per heavy atom. The van der Waals surface area contributed by atoms with Gasteiger partial charge in [0, 0.05) is 32.7 Å². The molecule has 3 aromatic rings. The number of rotatable bonds is 5. The lowest BCUT2D eigenvalue weighted by Gasteiger charge is -2.41. The summed E-state index contributed by atoms with van der Waals surface area (Å²) in [6.07, 6.45) is 1.65. The van der Waals surface area contributed by atoms with Crippen molar-refractivity contribution in [2.75, 3.05) is 37.8 Å². The Hall–Kier alpha value is -3.31. The molecule has 0 aliphatic carbocycles. The molecule has 1 aromatic carbocycles. The molecule has 0 bridgehead atoms. The average molecular weight is 470 g/mol. The SMILES string of the molecule is C[C@H]1CN(c2nc(Oc3ccc(C(=O)N(C)C)cc3)nc(-c3cnc(N)s3)n2)CC(C)(C)O1. The van der Waals surface area contributed by atoms with Gasteiger partial charge in [-0.15, -0.1) is 0 Å². The Morgan fingerprint density at radius 3 is 2.58 bits per heavy atom. The largest absolute Gasteiger partial charge is 0.424 e. The summed E-state index contributed by atoms with van der Waals surface area (Å²) in [6, 6.07) is 6.98. The van der Waals surface area contributed by atoms with Crippen molar-refractivity contribution in [2.24, 2.45) is 0 Å². The third kappa shape index (κ3) is 5.37. The summed E-state index contributed by atoms with van der Waals surface area (Å²) in [4.78, 5) is 34.3. The van der Waals surface area contributed by atoms with Crippen molar-refractivity contribution in [1.29, 1.82) is 0 Å². The quantitative estimate of drug-likeness (QED) is 0.601. The fraction of sp³-hybridized carbons (Fsp3) is 0.409. The number of carbonyl (C=O) groups is 1. The number of nitrogens with two attached hydrogens (primary N) is 1. The highest BCUT2D eigenvalue weighted by Gasteiger charge is 2.33. The van der Waals surface area contributed by atoms with Gasteiger partial charge in [-0.05, 0) is 45.0 Å². The predicted molar refractivity (Wildman–Crippen MR) is 127 cm³/mol. The molecule has 1 atom stereocenters. The maximum absolute atomic E-state index is 12.1. The van der Waals surface area contributed by atoms with E-state index in [2.05, 4.69) is 24.8 Å². The van der Waals surface area contributed by atoms with Crippen LogP contribution in [-0.4, -0.2) is 69.6 Å². The molecule has 1 amide bonds. The van der Waals surface area contributed by atoms with Gasteiger partial charge in [0.05, 0.1) is 22.8 Å². The van der Waals surface area contributed by atoms with Crippen LogP contribution >= 0.6 is 11.3 Å². The summed E-state index contributed by atoms with van der Waals surface area (Å²) in [5.74, 6) is 1.34. The summed E-state index contributed by atoms with van der Waals surface area (Å²) < 4.78 is 12.0. The third-order valence-electron chi connectivity index (χ3n) is 4.92. The molecule has 1 aliphatic heterocycles. The number of anilines is 2. The highest BCUT2D eigenvalue weighted by Crippen LogP contribution is 2.30. The van der Waals surface area contributed by atoms with E-state index in [4.69, 9.17) is 15.2 Å². The van der Waals surface area contributed by atoms with Gasteiger partial charge >= 0.3 is 6.01 Å². The zero-order valence-corrected chi connectivity index (χ0v) is 20.1. The highest BCUT2D eigenvalue weighted by molar-refractivity contribution is 7.18. The van der Waals surface area contributed by atoms with Crippen LogP contribution in [-0.2, 0) is 4.74 Å². The number of morpholine rings is 1. The lowest BCUT2D eigenvalue weighted by Crippen LogP contribution is -2.52. The normalized spacial score (nSPS) is 17.6. The molecule has 1 saturated heterocycles. The van der Waals surface area contributed by atoms with E-state index in [9.17, 15) is 4.79 Å². The van der Waals surface area contributed by atoms with Crippen molar-refractivity contribution in [2.45, 2.75) is 32.5 Å². The van der Waals surface area contributed by atoms with E-state index in [0.717, 1.165) is 0 Å². The van der Waals surface area contributed by atoms with E-state index >= 15 is 0 Å². The van der Waals surface area contributed by atoms with E-state index in [0.29, 0.717) is 46.2 Å². The molecular weight excluding hydrogens is 442 g/mol. The number of carbonyl (C=O) groups excluding carboxylic acids is 1. The van der Waals surface area contributed by atoms with E-state index < -0.39 is 0 Å². The second-order valence-corrected chi connectivity index (χ2v) is 9.76. The molecule has 4 rings (SSSR count). The molecule has 10 nitrogen and oxygen atoms in total. The number of hydrogen-bond donors (Lipinski definition) is 1. The molecule has 0 spiro atoms. The van der Waals surface area contributed by atoms with Crippen LogP contribution in [0.25, 0.3) is 10.7 Å². The van der Waals surface area contributed by atoms with Gasteiger partial charge in [-0.2, -0.15) is 15.0 Å². The summed E-state index contributed by atoms with van der Waals surface area (Å²) in [6.45, 7) is 7.35. The van der Waals surface area contributed by atoms with Gasteiger partial charge in [0.2, 0.25) is 5.95 Å². The number of ether oxygens (including phenoxy) is 2. The second kappa shape index (κ2) is 8.91. The van der Waals surface area contributed by atoms with Crippen molar-refractivity contribution >= 4 is 28.3 Å². The van der Waals surface area contributed by atoms with Crippen LogP contribution in [0.4, 0.5) is 11.1 Å². The summed E-state index contributed by atoms with van der Waals surface area (Å²) in [5.41, 5.74) is 6.03. The molecule has 1 fully saturated rings. The Morgan fingerprint density at radius 1 is 1.24 bits per heavy atom. The molecule has 2 N–H and O–H groups in total. The van der Waals surface area contributed by atoms with Gasteiger partial charge < -0.3 is 25.0 Å². The van der Waals surface area contributed by atoms with Crippen molar-refractivity contribution in [1.82, 2.24) is 24.8 Å². The van der Waals surface area contributed by atoms with Crippen LogP contribution in [0.3, 0.4) is 0 Å². The van der Waals surface area contributed by atoms with Crippen LogP contribution in [0, 0.1) is 0 Å². The maximum atomic E-state index is 12.1. The second-order valence-electron chi connectivity index (χ2n) is 8.70. The number of aromatic nitrogens is 4. The molecule has 0 unspecified atom stereocenters.